The van der Waals surface area contributed by atoms with Crippen molar-refractivity contribution in [3.05, 3.63) is 45.2 Å². The molecule has 0 unspecified atom stereocenters. The van der Waals surface area contributed by atoms with Crippen LogP contribution in [0.5, 0.6) is 0 Å². The molecule has 0 atom stereocenters. The van der Waals surface area contributed by atoms with E-state index in [0.29, 0.717) is 12.4 Å². The zero-order valence-electron chi connectivity index (χ0n) is 10.5. The van der Waals surface area contributed by atoms with Crippen LogP contribution < -0.4 is 5.32 Å². The highest BCUT2D eigenvalue weighted by molar-refractivity contribution is 6.31. The SMILES string of the molecule is CCn1cnnc1CNc1cc(Cl)c(F)cc1[N+](=O)[O-]. The van der Waals surface area contributed by atoms with Gasteiger partial charge in [-0.15, -0.1) is 10.2 Å². The highest BCUT2D eigenvalue weighted by atomic mass is 35.5. The van der Waals surface area contributed by atoms with Crippen molar-refractivity contribution in [3.63, 3.8) is 0 Å². The Morgan fingerprint density at radius 3 is 2.95 bits per heavy atom. The molecule has 1 N–H and O–H groups in total. The molecule has 0 amide bonds. The summed E-state index contributed by atoms with van der Waals surface area (Å²) < 4.78 is 15.0. The number of aryl methyl sites for hydroxylation is 1. The molecule has 0 aliphatic heterocycles. The summed E-state index contributed by atoms with van der Waals surface area (Å²) in [6.07, 6.45) is 1.56. The van der Waals surface area contributed by atoms with E-state index in [9.17, 15) is 14.5 Å². The van der Waals surface area contributed by atoms with E-state index < -0.39 is 10.7 Å². The summed E-state index contributed by atoms with van der Waals surface area (Å²) in [5.41, 5.74) is -0.249. The summed E-state index contributed by atoms with van der Waals surface area (Å²) >= 11 is 5.64. The number of benzene rings is 1. The van der Waals surface area contributed by atoms with Crippen molar-refractivity contribution >= 4 is 23.0 Å². The minimum Gasteiger partial charge on any atom is -0.372 e. The van der Waals surface area contributed by atoms with E-state index >= 15 is 0 Å². The Morgan fingerprint density at radius 2 is 2.30 bits per heavy atom. The van der Waals surface area contributed by atoms with Crippen LogP contribution in [0, 0.1) is 15.9 Å². The maximum absolute atomic E-state index is 13.3. The minimum atomic E-state index is -0.833. The van der Waals surface area contributed by atoms with E-state index in [4.69, 9.17) is 11.6 Å². The van der Waals surface area contributed by atoms with Crippen LogP contribution in [0.1, 0.15) is 12.7 Å². The van der Waals surface area contributed by atoms with E-state index in [1.54, 1.807) is 10.9 Å². The molecule has 1 aromatic heterocycles. The van der Waals surface area contributed by atoms with Gasteiger partial charge in [-0.2, -0.15) is 0 Å². The molecule has 0 saturated carbocycles. The van der Waals surface area contributed by atoms with Crippen LogP contribution in [0.2, 0.25) is 5.02 Å². The molecule has 0 fully saturated rings. The van der Waals surface area contributed by atoms with Gasteiger partial charge in [0.05, 0.1) is 22.6 Å². The lowest BCUT2D eigenvalue weighted by Crippen LogP contribution is -2.09. The number of nitrogens with one attached hydrogen (secondary N) is 1. The van der Waals surface area contributed by atoms with Gasteiger partial charge in [-0.3, -0.25) is 10.1 Å². The Balaban J connectivity index is 2.25. The fourth-order valence-electron chi connectivity index (χ4n) is 1.68. The molecule has 0 spiro atoms. The third kappa shape index (κ3) is 2.85. The number of halogens is 2. The molecule has 2 rings (SSSR count). The maximum atomic E-state index is 13.3. The normalized spacial score (nSPS) is 10.6. The zero-order chi connectivity index (χ0) is 14.7. The maximum Gasteiger partial charge on any atom is 0.295 e. The molecule has 0 saturated heterocycles. The predicted octanol–water partition coefficient (Wildman–Crippen LogP) is 2.61. The van der Waals surface area contributed by atoms with Crippen molar-refractivity contribution in [2.45, 2.75) is 20.0 Å². The Bertz CT molecular complexity index is 646. The average molecular weight is 300 g/mol. The topological polar surface area (TPSA) is 85.9 Å². The Morgan fingerprint density at radius 1 is 1.55 bits per heavy atom. The summed E-state index contributed by atoms with van der Waals surface area (Å²) in [7, 11) is 0. The molecule has 0 bridgehead atoms. The number of hydrogen-bond acceptors (Lipinski definition) is 5. The van der Waals surface area contributed by atoms with Crippen LogP contribution in [0.15, 0.2) is 18.5 Å². The van der Waals surface area contributed by atoms with Crippen LogP contribution >= 0.6 is 11.6 Å². The van der Waals surface area contributed by atoms with Crippen LogP contribution in [0.4, 0.5) is 15.8 Å². The van der Waals surface area contributed by atoms with Crippen molar-refractivity contribution in [1.29, 1.82) is 0 Å². The first-order valence-electron chi connectivity index (χ1n) is 5.77. The number of nitro benzene ring substituents is 1. The van der Waals surface area contributed by atoms with Gasteiger partial charge in [-0.1, -0.05) is 11.6 Å². The van der Waals surface area contributed by atoms with Gasteiger partial charge in [-0.25, -0.2) is 4.39 Å². The highest BCUT2D eigenvalue weighted by Crippen LogP contribution is 2.30. The fourth-order valence-corrected chi connectivity index (χ4v) is 1.85. The van der Waals surface area contributed by atoms with E-state index in [1.165, 1.54) is 6.07 Å². The summed E-state index contributed by atoms with van der Waals surface area (Å²) in [5.74, 6) is -0.220. The molecule has 0 aliphatic carbocycles. The third-order valence-electron chi connectivity index (χ3n) is 2.71. The van der Waals surface area contributed by atoms with Crippen molar-refractivity contribution in [1.82, 2.24) is 14.8 Å². The second kappa shape index (κ2) is 5.83. The van der Waals surface area contributed by atoms with Gasteiger partial charge in [0.2, 0.25) is 0 Å². The van der Waals surface area contributed by atoms with E-state index in [1.807, 2.05) is 6.92 Å². The smallest absolute Gasteiger partial charge is 0.295 e. The van der Waals surface area contributed by atoms with Crippen molar-refractivity contribution in [2.75, 3.05) is 5.32 Å². The summed E-state index contributed by atoms with van der Waals surface area (Å²) in [5, 5.41) is 21.2. The molecule has 9 heteroatoms. The summed E-state index contributed by atoms with van der Waals surface area (Å²) in [4.78, 5) is 10.2. The zero-order valence-corrected chi connectivity index (χ0v) is 11.3. The number of nitro groups is 1. The number of nitrogens with zero attached hydrogens (tertiary/aromatic N) is 4. The average Bonchev–Trinajstić information content (AvgIpc) is 2.86. The van der Waals surface area contributed by atoms with E-state index in [-0.39, 0.29) is 22.9 Å². The second-order valence-corrected chi connectivity index (χ2v) is 4.33. The fraction of sp³-hybridized carbons (Fsp3) is 0.273. The lowest BCUT2D eigenvalue weighted by molar-refractivity contribution is -0.384. The first-order valence-corrected chi connectivity index (χ1v) is 6.14. The molecule has 1 heterocycles. The Kier molecular flexibility index (Phi) is 4.14. The van der Waals surface area contributed by atoms with E-state index in [0.717, 1.165) is 6.07 Å². The molecule has 2 aromatic rings. The van der Waals surface area contributed by atoms with Gasteiger partial charge in [0, 0.05) is 6.54 Å². The Labute approximate surface area is 118 Å². The third-order valence-corrected chi connectivity index (χ3v) is 3.00. The number of hydrogen-bond donors (Lipinski definition) is 1. The standard InChI is InChI=1S/C11H11ClFN5O2/c1-2-17-6-15-16-11(17)5-14-9-3-7(12)8(13)4-10(9)18(19)20/h3-4,6,14H,2,5H2,1H3. The minimum absolute atomic E-state index is 0.132. The second-order valence-electron chi connectivity index (χ2n) is 3.93. The quantitative estimate of drug-likeness (QED) is 0.677. The molecule has 7 nitrogen and oxygen atoms in total. The lowest BCUT2D eigenvalue weighted by Gasteiger charge is -2.08. The first-order chi connectivity index (χ1) is 9.52. The monoisotopic (exact) mass is 299 g/mol. The van der Waals surface area contributed by atoms with Crippen LogP contribution in [-0.4, -0.2) is 19.7 Å². The van der Waals surface area contributed by atoms with Gasteiger partial charge >= 0.3 is 0 Å². The molecule has 106 valence electrons. The van der Waals surface area contributed by atoms with Gasteiger partial charge in [0.25, 0.3) is 5.69 Å². The van der Waals surface area contributed by atoms with Gasteiger partial charge < -0.3 is 9.88 Å². The predicted molar refractivity (Wildman–Crippen MR) is 71.1 cm³/mol. The van der Waals surface area contributed by atoms with Crippen molar-refractivity contribution < 1.29 is 9.31 Å². The first kappa shape index (κ1) is 14.2. The van der Waals surface area contributed by atoms with Gasteiger partial charge in [-0.05, 0) is 13.0 Å². The van der Waals surface area contributed by atoms with Gasteiger partial charge in [0.15, 0.2) is 5.82 Å². The highest BCUT2D eigenvalue weighted by Gasteiger charge is 2.18. The van der Waals surface area contributed by atoms with Crippen molar-refractivity contribution in [3.8, 4) is 0 Å². The van der Waals surface area contributed by atoms with Crippen LogP contribution in [0.25, 0.3) is 0 Å². The molecular formula is C11H11ClFN5O2. The largest absolute Gasteiger partial charge is 0.372 e. The summed E-state index contributed by atoms with van der Waals surface area (Å²) in [6, 6.07) is 1.97. The lowest BCUT2D eigenvalue weighted by atomic mass is 10.2. The number of rotatable bonds is 5. The molecule has 0 aliphatic rings. The van der Waals surface area contributed by atoms with Crippen LogP contribution in [-0.2, 0) is 13.1 Å². The van der Waals surface area contributed by atoms with Gasteiger partial charge in [0.1, 0.15) is 17.8 Å². The Hall–Kier alpha value is -2.22. The van der Waals surface area contributed by atoms with Crippen LogP contribution in [0.3, 0.4) is 0 Å². The molecule has 20 heavy (non-hydrogen) atoms. The molecule has 1 aromatic carbocycles. The number of anilines is 1. The number of aromatic nitrogens is 3. The summed E-state index contributed by atoms with van der Waals surface area (Å²) in [6.45, 7) is 2.82. The molecular weight excluding hydrogens is 289 g/mol. The molecule has 0 radical (unpaired) electrons. The van der Waals surface area contributed by atoms with E-state index in [2.05, 4.69) is 15.5 Å². The van der Waals surface area contributed by atoms with Crippen molar-refractivity contribution in [2.24, 2.45) is 0 Å².